The average Bonchev–Trinajstić information content (AvgIpc) is 3.05. The van der Waals surface area contributed by atoms with Crippen molar-refractivity contribution in [3.63, 3.8) is 0 Å². The summed E-state index contributed by atoms with van der Waals surface area (Å²) in [5, 5.41) is 24.9. The Balaban J connectivity index is 1.64. The smallest absolute Gasteiger partial charge is 0.252 e. The standard InChI is InChI=1S/C17H19N5OS/c18-12-16(7-8-16)22-10-14(20-21-22)17(5-2-1-3-6-17)19-15(23)13-4-9-24-11-13/h4,9-11H,1-3,5-8H2,(H,19,23). The van der Waals surface area contributed by atoms with E-state index in [0.717, 1.165) is 44.2 Å². The summed E-state index contributed by atoms with van der Waals surface area (Å²) in [6.07, 6.45) is 8.52. The Hall–Kier alpha value is -2.20. The van der Waals surface area contributed by atoms with E-state index in [1.54, 1.807) is 4.68 Å². The van der Waals surface area contributed by atoms with Crippen LogP contribution in [0.1, 0.15) is 61.0 Å². The van der Waals surface area contributed by atoms with Crippen molar-refractivity contribution in [2.24, 2.45) is 0 Å². The lowest BCUT2D eigenvalue weighted by atomic mass is 9.79. The van der Waals surface area contributed by atoms with E-state index >= 15 is 0 Å². The molecule has 0 atom stereocenters. The van der Waals surface area contributed by atoms with E-state index in [-0.39, 0.29) is 5.91 Å². The van der Waals surface area contributed by atoms with Crippen LogP contribution < -0.4 is 5.32 Å². The van der Waals surface area contributed by atoms with Gasteiger partial charge in [0.15, 0.2) is 5.54 Å². The molecule has 0 spiro atoms. The molecule has 0 aliphatic heterocycles. The summed E-state index contributed by atoms with van der Waals surface area (Å²) in [6, 6.07) is 4.17. The van der Waals surface area contributed by atoms with Gasteiger partial charge in [0.2, 0.25) is 0 Å². The second kappa shape index (κ2) is 5.71. The molecular weight excluding hydrogens is 322 g/mol. The highest BCUT2D eigenvalue weighted by molar-refractivity contribution is 7.08. The lowest BCUT2D eigenvalue weighted by molar-refractivity contribution is 0.0862. The second-order valence-electron chi connectivity index (χ2n) is 6.80. The van der Waals surface area contributed by atoms with Gasteiger partial charge < -0.3 is 5.32 Å². The van der Waals surface area contributed by atoms with Crippen LogP contribution in [0.5, 0.6) is 0 Å². The van der Waals surface area contributed by atoms with Crippen LogP contribution in [-0.2, 0) is 11.1 Å². The van der Waals surface area contributed by atoms with Gasteiger partial charge in [0.1, 0.15) is 5.69 Å². The van der Waals surface area contributed by atoms with Crippen molar-refractivity contribution in [3.8, 4) is 6.07 Å². The molecule has 2 aliphatic carbocycles. The normalized spacial score (nSPS) is 21.0. The molecule has 0 radical (unpaired) electrons. The fourth-order valence-corrected chi connectivity index (χ4v) is 4.12. The van der Waals surface area contributed by atoms with Gasteiger partial charge in [-0.2, -0.15) is 16.6 Å². The third-order valence-electron chi connectivity index (χ3n) is 5.20. The Bertz CT molecular complexity index is 778. The summed E-state index contributed by atoms with van der Waals surface area (Å²) in [5.74, 6) is -0.0610. The third-order valence-corrected chi connectivity index (χ3v) is 5.88. The first-order valence-electron chi connectivity index (χ1n) is 8.37. The number of carbonyl (C=O) groups excluding carboxylic acids is 1. The van der Waals surface area contributed by atoms with Gasteiger partial charge in [-0.1, -0.05) is 24.5 Å². The highest BCUT2D eigenvalue weighted by Gasteiger charge is 2.48. The van der Waals surface area contributed by atoms with Gasteiger partial charge in [-0.15, -0.1) is 5.10 Å². The zero-order chi connectivity index (χ0) is 16.6. The highest BCUT2D eigenvalue weighted by Crippen LogP contribution is 2.43. The molecule has 2 aliphatic rings. The Kier molecular flexibility index (Phi) is 3.65. The fourth-order valence-electron chi connectivity index (χ4n) is 3.49. The van der Waals surface area contributed by atoms with Crippen molar-refractivity contribution in [1.82, 2.24) is 20.3 Å². The number of carbonyl (C=O) groups is 1. The van der Waals surface area contributed by atoms with Gasteiger partial charge in [0.25, 0.3) is 5.91 Å². The maximum absolute atomic E-state index is 12.6. The maximum atomic E-state index is 12.6. The molecule has 2 aromatic heterocycles. The highest BCUT2D eigenvalue weighted by atomic mass is 32.1. The molecule has 4 rings (SSSR count). The Morgan fingerprint density at radius 1 is 1.29 bits per heavy atom. The van der Waals surface area contributed by atoms with Crippen molar-refractivity contribution in [3.05, 3.63) is 34.3 Å². The predicted molar refractivity (Wildman–Crippen MR) is 89.4 cm³/mol. The number of hydrogen-bond donors (Lipinski definition) is 1. The van der Waals surface area contributed by atoms with Gasteiger partial charge in [0, 0.05) is 5.38 Å². The molecule has 6 nitrogen and oxygen atoms in total. The third kappa shape index (κ3) is 2.51. The molecule has 124 valence electrons. The zero-order valence-electron chi connectivity index (χ0n) is 13.4. The molecule has 24 heavy (non-hydrogen) atoms. The zero-order valence-corrected chi connectivity index (χ0v) is 14.2. The van der Waals surface area contributed by atoms with Crippen LogP contribution in [0.3, 0.4) is 0 Å². The minimum Gasteiger partial charge on any atom is -0.341 e. The van der Waals surface area contributed by atoms with E-state index in [1.807, 2.05) is 23.0 Å². The van der Waals surface area contributed by atoms with Crippen LogP contribution in [0, 0.1) is 11.3 Å². The molecule has 2 saturated carbocycles. The monoisotopic (exact) mass is 341 g/mol. The van der Waals surface area contributed by atoms with E-state index in [2.05, 4.69) is 21.7 Å². The number of nitrogens with zero attached hydrogens (tertiary/aromatic N) is 4. The van der Waals surface area contributed by atoms with Gasteiger partial charge in [0.05, 0.1) is 23.4 Å². The van der Waals surface area contributed by atoms with Crippen LogP contribution in [0.2, 0.25) is 0 Å². The number of hydrogen-bond acceptors (Lipinski definition) is 5. The van der Waals surface area contributed by atoms with Gasteiger partial charge >= 0.3 is 0 Å². The number of amides is 1. The van der Waals surface area contributed by atoms with Crippen LogP contribution in [0.4, 0.5) is 0 Å². The molecule has 1 N–H and O–H groups in total. The lowest BCUT2D eigenvalue weighted by Crippen LogP contribution is -2.47. The van der Waals surface area contributed by atoms with Crippen molar-refractivity contribution in [1.29, 1.82) is 5.26 Å². The number of thiophene rings is 1. The van der Waals surface area contributed by atoms with E-state index < -0.39 is 11.1 Å². The van der Waals surface area contributed by atoms with E-state index in [1.165, 1.54) is 17.8 Å². The SMILES string of the molecule is N#CC1(n2cc(C3(NC(=O)c4ccsc4)CCCCC3)nn2)CC1. The van der Waals surface area contributed by atoms with Crippen LogP contribution in [0.25, 0.3) is 0 Å². The molecule has 7 heteroatoms. The van der Waals surface area contributed by atoms with Crippen LogP contribution in [-0.4, -0.2) is 20.9 Å². The molecule has 2 fully saturated rings. The summed E-state index contributed by atoms with van der Waals surface area (Å²) in [7, 11) is 0. The average molecular weight is 341 g/mol. The number of nitriles is 1. The molecule has 0 unspecified atom stereocenters. The Labute approximate surface area is 144 Å². The van der Waals surface area contributed by atoms with Crippen LogP contribution in [0.15, 0.2) is 23.0 Å². The van der Waals surface area contributed by atoms with Gasteiger partial charge in [-0.25, -0.2) is 4.68 Å². The summed E-state index contributed by atoms with van der Waals surface area (Å²) < 4.78 is 1.69. The first kappa shape index (κ1) is 15.3. The second-order valence-corrected chi connectivity index (χ2v) is 7.58. The summed E-state index contributed by atoms with van der Waals surface area (Å²) >= 11 is 1.51. The first-order valence-corrected chi connectivity index (χ1v) is 9.31. The van der Waals surface area contributed by atoms with Crippen LogP contribution >= 0.6 is 11.3 Å². The molecule has 2 heterocycles. The number of aromatic nitrogens is 3. The maximum Gasteiger partial charge on any atom is 0.252 e. The minimum absolute atomic E-state index is 0.0610. The quantitative estimate of drug-likeness (QED) is 0.927. The Morgan fingerprint density at radius 2 is 2.08 bits per heavy atom. The van der Waals surface area contributed by atoms with E-state index in [0.29, 0.717) is 5.56 Å². The minimum atomic E-state index is -0.515. The van der Waals surface area contributed by atoms with Gasteiger partial charge in [-0.05, 0) is 37.1 Å². The van der Waals surface area contributed by atoms with E-state index in [9.17, 15) is 10.1 Å². The molecule has 1 amide bonds. The van der Waals surface area contributed by atoms with Crippen molar-refractivity contribution in [2.45, 2.75) is 56.0 Å². The summed E-state index contributed by atoms with van der Waals surface area (Å²) in [6.45, 7) is 0. The molecule has 0 saturated heterocycles. The first-order chi connectivity index (χ1) is 11.7. The topological polar surface area (TPSA) is 83.6 Å². The molecule has 0 bridgehead atoms. The lowest BCUT2D eigenvalue weighted by Gasteiger charge is -2.36. The van der Waals surface area contributed by atoms with Crippen molar-refractivity contribution < 1.29 is 4.79 Å². The molecular formula is C17H19N5OS. The number of nitrogens with one attached hydrogen (secondary N) is 1. The number of rotatable bonds is 4. The van der Waals surface area contributed by atoms with Crippen molar-refractivity contribution >= 4 is 17.2 Å². The largest absolute Gasteiger partial charge is 0.341 e. The Morgan fingerprint density at radius 3 is 2.71 bits per heavy atom. The van der Waals surface area contributed by atoms with Gasteiger partial charge in [-0.3, -0.25) is 4.79 Å². The van der Waals surface area contributed by atoms with E-state index in [4.69, 9.17) is 0 Å². The molecule has 0 aromatic carbocycles. The predicted octanol–water partition coefficient (Wildman–Crippen LogP) is 2.94. The van der Waals surface area contributed by atoms with Crippen molar-refractivity contribution in [2.75, 3.05) is 0 Å². The summed E-state index contributed by atoms with van der Waals surface area (Å²) in [5.41, 5.74) is 0.486. The summed E-state index contributed by atoms with van der Waals surface area (Å²) in [4.78, 5) is 12.6. The molecule has 2 aromatic rings. The fraction of sp³-hybridized carbons (Fsp3) is 0.529.